The van der Waals surface area contributed by atoms with E-state index in [2.05, 4.69) is 10.6 Å². The van der Waals surface area contributed by atoms with Gasteiger partial charge < -0.3 is 15.5 Å². The summed E-state index contributed by atoms with van der Waals surface area (Å²) in [6.07, 6.45) is 4.99. The summed E-state index contributed by atoms with van der Waals surface area (Å²) in [4.78, 5) is 24.8. The molecular weight excluding hydrogens is 218 g/mol. The van der Waals surface area contributed by atoms with Crippen molar-refractivity contribution in [3.05, 3.63) is 0 Å². The summed E-state index contributed by atoms with van der Waals surface area (Å²) in [5.41, 5.74) is 0. The van der Waals surface area contributed by atoms with Crippen molar-refractivity contribution in [3.63, 3.8) is 0 Å². The summed E-state index contributed by atoms with van der Waals surface area (Å²) in [5, 5.41) is 5.81. The van der Waals surface area contributed by atoms with Crippen molar-refractivity contribution in [2.75, 3.05) is 13.1 Å². The van der Waals surface area contributed by atoms with E-state index in [1.54, 1.807) is 0 Å². The van der Waals surface area contributed by atoms with Gasteiger partial charge in [0.15, 0.2) is 0 Å². The van der Waals surface area contributed by atoms with E-state index in [1.807, 2.05) is 11.8 Å². The lowest BCUT2D eigenvalue weighted by Crippen LogP contribution is -2.50. The molecule has 2 aliphatic rings. The quantitative estimate of drug-likeness (QED) is 0.764. The standard InChI is InChI=1S/C12H21N3O2/c1-9(8-15-7-3-6-11(15)16)13-12(17)14-10-4-2-5-10/h9-10H,2-8H2,1H3,(H2,13,14,17). The normalized spacial score (nSPS) is 22.2. The van der Waals surface area contributed by atoms with Gasteiger partial charge in [-0.2, -0.15) is 0 Å². The number of carbonyl (C=O) groups is 2. The molecule has 0 spiro atoms. The molecule has 1 unspecified atom stereocenters. The molecule has 0 bridgehead atoms. The number of urea groups is 1. The second-order valence-corrected chi connectivity index (χ2v) is 5.09. The van der Waals surface area contributed by atoms with Crippen molar-refractivity contribution in [1.82, 2.24) is 15.5 Å². The fourth-order valence-corrected chi connectivity index (χ4v) is 2.28. The Labute approximate surface area is 102 Å². The van der Waals surface area contributed by atoms with Gasteiger partial charge in [-0.3, -0.25) is 4.79 Å². The van der Waals surface area contributed by atoms with Gasteiger partial charge in [-0.05, 0) is 32.6 Å². The van der Waals surface area contributed by atoms with Gasteiger partial charge in [-0.25, -0.2) is 4.79 Å². The van der Waals surface area contributed by atoms with E-state index in [0.717, 1.165) is 25.8 Å². The molecule has 0 aromatic rings. The zero-order valence-electron chi connectivity index (χ0n) is 10.4. The molecule has 1 aliphatic heterocycles. The molecule has 0 aromatic heterocycles. The maximum Gasteiger partial charge on any atom is 0.315 e. The van der Waals surface area contributed by atoms with E-state index < -0.39 is 0 Å². The average molecular weight is 239 g/mol. The highest BCUT2D eigenvalue weighted by molar-refractivity contribution is 5.78. The minimum atomic E-state index is -0.103. The van der Waals surface area contributed by atoms with Crippen molar-refractivity contribution < 1.29 is 9.59 Å². The third-order valence-corrected chi connectivity index (χ3v) is 3.48. The molecule has 2 fully saturated rings. The molecule has 2 rings (SSSR count). The third kappa shape index (κ3) is 3.35. The van der Waals surface area contributed by atoms with Crippen LogP contribution in [0.3, 0.4) is 0 Å². The van der Waals surface area contributed by atoms with Crippen molar-refractivity contribution in [1.29, 1.82) is 0 Å². The lowest BCUT2D eigenvalue weighted by atomic mass is 9.93. The van der Waals surface area contributed by atoms with E-state index in [0.29, 0.717) is 19.0 Å². The van der Waals surface area contributed by atoms with Crippen LogP contribution in [0.25, 0.3) is 0 Å². The predicted molar refractivity (Wildman–Crippen MR) is 64.6 cm³/mol. The Morgan fingerprint density at radius 1 is 1.47 bits per heavy atom. The van der Waals surface area contributed by atoms with Crippen LogP contribution in [0.2, 0.25) is 0 Å². The molecule has 3 amide bonds. The molecule has 1 saturated carbocycles. The molecule has 96 valence electrons. The van der Waals surface area contributed by atoms with E-state index in [4.69, 9.17) is 0 Å². The minimum Gasteiger partial charge on any atom is -0.341 e. The van der Waals surface area contributed by atoms with Crippen LogP contribution in [0.1, 0.15) is 39.0 Å². The molecule has 5 nitrogen and oxygen atoms in total. The lowest BCUT2D eigenvalue weighted by Gasteiger charge is -2.28. The van der Waals surface area contributed by atoms with Crippen molar-refractivity contribution >= 4 is 11.9 Å². The third-order valence-electron chi connectivity index (χ3n) is 3.48. The monoisotopic (exact) mass is 239 g/mol. The van der Waals surface area contributed by atoms with Gasteiger partial charge in [-0.15, -0.1) is 0 Å². The van der Waals surface area contributed by atoms with Gasteiger partial charge in [-0.1, -0.05) is 0 Å². The molecule has 0 radical (unpaired) electrons. The molecule has 1 saturated heterocycles. The highest BCUT2D eigenvalue weighted by atomic mass is 16.2. The largest absolute Gasteiger partial charge is 0.341 e. The zero-order chi connectivity index (χ0) is 12.3. The maximum absolute atomic E-state index is 11.6. The first-order valence-electron chi connectivity index (χ1n) is 6.50. The van der Waals surface area contributed by atoms with Gasteiger partial charge in [0.25, 0.3) is 0 Å². The SMILES string of the molecule is CC(CN1CCCC1=O)NC(=O)NC1CCC1. The van der Waals surface area contributed by atoms with Crippen LogP contribution in [-0.2, 0) is 4.79 Å². The minimum absolute atomic E-state index is 0.0112. The summed E-state index contributed by atoms with van der Waals surface area (Å²) < 4.78 is 0. The van der Waals surface area contributed by atoms with Crippen LogP contribution in [-0.4, -0.2) is 42.0 Å². The molecule has 2 N–H and O–H groups in total. The molecular formula is C12H21N3O2. The lowest BCUT2D eigenvalue weighted by molar-refractivity contribution is -0.127. The Bertz CT molecular complexity index is 302. The van der Waals surface area contributed by atoms with Gasteiger partial charge in [0.2, 0.25) is 5.91 Å². The topological polar surface area (TPSA) is 61.4 Å². The van der Waals surface area contributed by atoms with Gasteiger partial charge in [0.05, 0.1) is 0 Å². The van der Waals surface area contributed by atoms with Crippen molar-refractivity contribution in [3.8, 4) is 0 Å². The number of rotatable bonds is 4. The zero-order valence-corrected chi connectivity index (χ0v) is 10.4. The Morgan fingerprint density at radius 2 is 2.24 bits per heavy atom. The van der Waals surface area contributed by atoms with Crippen LogP contribution >= 0.6 is 0 Å². The highest BCUT2D eigenvalue weighted by Gasteiger charge is 2.23. The summed E-state index contributed by atoms with van der Waals surface area (Å²) in [7, 11) is 0. The number of likely N-dealkylation sites (tertiary alicyclic amines) is 1. The fraction of sp³-hybridized carbons (Fsp3) is 0.833. The summed E-state index contributed by atoms with van der Waals surface area (Å²) in [6, 6.07) is 0.265. The summed E-state index contributed by atoms with van der Waals surface area (Å²) >= 11 is 0. The molecule has 17 heavy (non-hydrogen) atoms. The number of carbonyl (C=O) groups excluding carboxylic acids is 2. The fourth-order valence-electron chi connectivity index (χ4n) is 2.28. The maximum atomic E-state index is 11.6. The first-order chi connectivity index (χ1) is 8.15. The summed E-state index contributed by atoms with van der Waals surface area (Å²) in [5.74, 6) is 0.207. The van der Waals surface area contributed by atoms with Crippen molar-refractivity contribution in [2.24, 2.45) is 0 Å². The van der Waals surface area contributed by atoms with Crippen LogP contribution in [0.5, 0.6) is 0 Å². The van der Waals surface area contributed by atoms with Crippen molar-refractivity contribution in [2.45, 2.75) is 51.1 Å². The van der Waals surface area contributed by atoms with Gasteiger partial charge in [0.1, 0.15) is 0 Å². The molecule has 1 atom stereocenters. The molecule has 5 heteroatoms. The number of hydrogen-bond donors (Lipinski definition) is 2. The van der Waals surface area contributed by atoms with E-state index >= 15 is 0 Å². The van der Waals surface area contributed by atoms with Crippen LogP contribution in [0.15, 0.2) is 0 Å². The Morgan fingerprint density at radius 3 is 2.76 bits per heavy atom. The molecule has 1 aliphatic carbocycles. The van der Waals surface area contributed by atoms with Crippen LogP contribution in [0, 0.1) is 0 Å². The average Bonchev–Trinajstić information content (AvgIpc) is 2.58. The smallest absolute Gasteiger partial charge is 0.315 e. The second kappa shape index (κ2) is 5.38. The van der Waals surface area contributed by atoms with E-state index in [1.165, 1.54) is 6.42 Å². The molecule has 1 heterocycles. The Balaban J connectivity index is 1.66. The van der Waals surface area contributed by atoms with Gasteiger partial charge >= 0.3 is 6.03 Å². The summed E-state index contributed by atoms with van der Waals surface area (Å²) in [6.45, 7) is 3.39. The Kier molecular flexibility index (Phi) is 3.86. The van der Waals surface area contributed by atoms with Crippen LogP contribution < -0.4 is 10.6 Å². The van der Waals surface area contributed by atoms with E-state index in [-0.39, 0.29) is 18.0 Å². The highest BCUT2D eigenvalue weighted by Crippen LogP contribution is 2.17. The Hall–Kier alpha value is -1.26. The van der Waals surface area contributed by atoms with Gasteiger partial charge in [0, 0.05) is 31.6 Å². The van der Waals surface area contributed by atoms with Crippen LogP contribution in [0.4, 0.5) is 4.79 Å². The first kappa shape index (κ1) is 12.2. The number of nitrogens with one attached hydrogen (secondary N) is 2. The molecule has 0 aromatic carbocycles. The number of hydrogen-bond acceptors (Lipinski definition) is 2. The van der Waals surface area contributed by atoms with E-state index in [9.17, 15) is 9.59 Å². The first-order valence-corrected chi connectivity index (χ1v) is 6.50. The number of nitrogens with zero attached hydrogens (tertiary/aromatic N) is 1. The number of amides is 3. The predicted octanol–water partition coefficient (Wildman–Crippen LogP) is 0.849. The second-order valence-electron chi connectivity index (χ2n) is 5.09.